The van der Waals surface area contributed by atoms with E-state index in [0.29, 0.717) is 59.0 Å². The third-order valence-electron chi connectivity index (χ3n) is 3.37. The molecule has 0 aromatic rings. The molecular weight excluding hydrogens is 324 g/mol. The van der Waals surface area contributed by atoms with Crippen molar-refractivity contribution in [1.29, 1.82) is 0 Å². The number of carbonyl (C=O) groups excluding carboxylic acids is 2. The van der Waals surface area contributed by atoms with Gasteiger partial charge in [-0.1, -0.05) is 13.8 Å². The topological polar surface area (TPSA) is 85.9 Å². The number of rotatable bonds is 18. The first-order valence-electron chi connectivity index (χ1n) is 9.47. The molecule has 0 aromatic heterocycles. The van der Waals surface area contributed by atoms with Crippen molar-refractivity contribution in [3.63, 3.8) is 0 Å². The van der Waals surface area contributed by atoms with E-state index in [1.807, 2.05) is 13.8 Å². The zero-order valence-corrected chi connectivity index (χ0v) is 15.9. The second kappa shape index (κ2) is 19.1. The third-order valence-corrected chi connectivity index (χ3v) is 3.37. The Labute approximate surface area is 152 Å². The standard InChI is InChI=1S/C18H36N2O5/c1-3-9-19-18(22)8-5-6-11-23-13-15-25-16-14-24-12-7-10-20-17(21)4-2/h3-16H2,1-2H3,(H,19,22)(H,20,21). The summed E-state index contributed by atoms with van der Waals surface area (Å²) in [5.74, 6) is 0.195. The summed E-state index contributed by atoms with van der Waals surface area (Å²) < 4.78 is 16.3. The molecule has 0 aliphatic rings. The summed E-state index contributed by atoms with van der Waals surface area (Å²) in [6.45, 7) is 8.76. The maximum Gasteiger partial charge on any atom is 0.219 e. The van der Waals surface area contributed by atoms with Crippen LogP contribution in [0.3, 0.4) is 0 Å². The fourth-order valence-corrected chi connectivity index (χ4v) is 1.91. The first kappa shape index (κ1) is 23.8. The van der Waals surface area contributed by atoms with Crippen LogP contribution in [0, 0.1) is 0 Å². The van der Waals surface area contributed by atoms with Crippen LogP contribution in [0.5, 0.6) is 0 Å². The van der Waals surface area contributed by atoms with Crippen LogP contribution >= 0.6 is 0 Å². The molecular formula is C18H36N2O5. The van der Waals surface area contributed by atoms with Gasteiger partial charge in [-0.25, -0.2) is 0 Å². The Morgan fingerprint density at radius 3 is 1.84 bits per heavy atom. The second-order valence-electron chi connectivity index (χ2n) is 5.70. The van der Waals surface area contributed by atoms with E-state index in [-0.39, 0.29) is 11.8 Å². The molecule has 148 valence electrons. The molecule has 0 saturated carbocycles. The van der Waals surface area contributed by atoms with Crippen molar-refractivity contribution in [3.8, 4) is 0 Å². The molecule has 0 saturated heterocycles. The van der Waals surface area contributed by atoms with E-state index in [9.17, 15) is 9.59 Å². The van der Waals surface area contributed by atoms with Gasteiger partial charge in [-0.15, -0.1) is 0 Å². The van der Waals surface area contributed by atoms with E-state index in [1.54, 1.807) is 0 Å². The van der Waals surface area contributed by atoms with E-state index in [0.717, 1.165) is 32.2 Å². The average Bonchev–Trinajstić information content (AvgIpc) is 2.62. The number of amides is 2. The van der Waals surface area contributed by atoms with Crippen LogP contribution < -0.4 is 10.6 Å². The first-order valence-corrected chi connectivity index (χ1v) is 9.47. The van der Waals surface area contributed by atoms with Gasteiger partial charge in [-0.2, -0.15) is 0 Å². The Bertz CT molecular complexity index is 327. The molecule has 0 rings (SSSR count). The molecule has 0 bridgehead atoms. The highest BCUT2D eigenvalue weighted by Crippen LogP contribution is 1.96. The van der Waals surface area contributed by atoms with Crippen LogP contribution in [0.25, 0.3) is 0 Å². The largest absolute Gasteiger partial charge is 0.379 e. The summed E-state index contributed by atoms with van der Waals surface area (Å²) in [5, 5.41) is 5.65. The summed E-state index contributed by atoms with van der Waals surface area (Å²) in [6, 6.07) is 0. The number of carbonyl (C=O) groups is 2. The zero-order chi connectivity index (χ0) is 18.6. The summed E-state index contributed by atoms with van der Waals surface area (Å²) in [5.41, 5.74) is 0. The van der Waals surface area contributed by atoms with Gasteiger partial charge in [-0.05, 0) is 25.7 Å². The maximum absolute atomic E-state index is 11.4. The molecule has 7 heteroatoms. The minimum absolute atomic E-state index is 0.0723. The molecule has 7 nitrogen and oxygen atoms in total. The predicted molar refractivity (Wildman–Crippen MR) is 97.5 cm³/mol. The monoisotopic (exact) mass is 360 g/mol. The van der Waals surface area contributed by atoms with Crippen LogP contribution in [0.2, 0.25) is 0 Å². The zero-order valence-electron chi connectivity index (χ0n) is 15.9. The molecule has 0 aliphatic heterocycles. The molecule has 0 atom stereocenters. The van der Waals surface area contributed by atoms with Crippen molar-refractivity contribution in [3.05, 3.63) is 0 Å². The van der Waals surface area contributed by atoms with Crippen LogP contribution in [-0.4, -0.2) is 64.5 Å². The lowest BCUT2D eigenvalue weighted by Gasteiger charge is -2.07. The Hall–Kier alpha value is -1.18. The van der Waals surface area contributed by atoms with Crippen molar-refractivity contribution < 1.29 is 23.8 Å². The van der Waals surface area contributed by atoms with Gasteiger partial charge in [0.2, 0.25) is 11.8 Å². The van der Waals surface area contributed by atoms with E-state index >= 15 is 0 Å². The smallest absolute Gasteiger partial charge is 0.219 e. The van der Waals surface area contributed by atoms with Gasteiger partial charge in [0, 0.05) is 39.1 Å². The Balaban J connectivity index is 3.09. The average molecular weight is 360 g/mol. The molecule has 0 unspecified atom stereocenters. The Morgan fingerprint density at radius 2 is 1.24 bits per heavy atom. The minimum Gasteiger partial charge on any atom is -0.379 e. The predicted octanol–water partition coefficient (Wildman–Crippen LogP) is 1.65. The normalized spacial score (nSPS) is 10.6. The molecule has 25 heavy (non-hydrogen) atoms. The Kier molecular flexibility index (Phi) is 18.2. The molecule has 0 aromatic carbocycles. The van der Waals surface area contributed by atoms with Gasteiger partial charge in [0.25, 0.3) is 0 Å². The molecule has 0 radical (unpaired) electrons. The van der Waals surface area contributed by atoms with E-state index in [2.05, 4.69) is 10.6 Å². The molecule has 0 aliphatic carbocycles. The van der Waals surface area contributed by atoms with Crippen molar-refractivity contribution >= 4 is 11.8 Å². The highest BCUT2D eigenvalue weighted by atomic mass is 16.5. The van der Waals surface area contributed by atoms with Crippen LogP contribution in [-0.2, 0) is 23.8 Å². The van der Waals surface area contributed by atoms with Gasteiger partial charge in [0.05, 0.1) is 26.4 Å². The Morgan fingerprint density at radius 1 is 0.680 bits per heavy atom. The molecule has 2 N–H and O–H groups in total. The second-order valence-corrected chi connectivity index (χ2v) is 5.70. The summed E-state index contributed by atoms with van der Waals surface area (Å²) in [7, 11) is 0. The van der Waals surface area contributed by atoms with E-state index in [4.69, 9.17) is 14.2 Å². The van der Waals surface area contributed by atoms with Gasteiger partial charge in [-0.3, -0.25) is 9.59 Å². The number of hydrogen-bond acceptors (Lipinski definition) is 5. The van der Waals surface area contributed by atoms with Crippen molar-refractivity contribution in [2.24, 2.45) is 0 Å². The van der Waals surface area contributed by atoms with E-state index < -0.39 is 0 Å². The molecule has 0 fully saturated rings. The van der Waals surface area contributed by atoms with Gasteiger partial charge >= 0.3 is 0 Å². The molecule has 2 amide bonds. The SMILES string of the molecule is CCCNC(=O)CCCCOCCOCCOCCCNC(=O)CC. The summed E-state index contributed by atoms with van der Waals surface area (Å²) in [6.07, 6.45) is 4.60. The lowest BCUT2D eigenvalue weighted by molar-refractivity contribution is -0.121. The minimum atomic E-state index is 0.0723. The number of hydrogen-bond donors (Lipinski definition) is 2. The van der Waals surface area contributed by atoms with Crippen molar-refractivity contribution in [2.75, 3.05) is 52.7 Å². The molecule has 0 heterocycles. The number of unbranched alkanes of at least 4 members (excludes halogenated alkanes) is 1. The lowest BCUT2D eigenvalue weighted by Crippen LogP contribution is -2.24. The molecule has 0 spiro atoms. The fourth-order valence-electron chi connectivity index (χ4n) is 1.91. The maximum atomic E-state index is 11.4. The third kappa shape index (κ3) is 19.0. The van der Waals surface area contributed by atoms with Crippen molar-refractivity contribution in [2.45, 2.75) is 52.4 Å². The number of nitrogens with one attached hydrogen (secondary N) is 2. The van der Waals surface area contributed by atoms with Gasteiger partial charge in [0.1, 0.15) is 0 Å². The summed E-state index contributed by atoms with van der Waals surface area (Å²) >= 11 is 0. The van der Waals surface area contributed by atoms with Crippen LogP contribution in [0.4, 0.5) is 0 Å². The van der Waals surface area contributed by atoms with Crippen LogP contribution in [0.1, 0.15) is 52.4 Å². The number of ether oxygens (including phenoxy) is 3. The lowest BCUT2D eigenvalue weighted by atomic mass is 10.2. The summed E-state index contributed by atoms with van der Waals surface area (Å²) in [4.78, 5) is 22.4. The van der Waals surface area contributed by atoms with Gasteiger partial charge < -0.3 is 24.8 Å². The quantitative estimate of drug-likeness (QED) is 0.363. The fraction of sp³-hybridized carbons (Fsp3) is 0.889. The van der Waals surface area contributed by atoms with Gasteiger partial charge in [0.15, 0.2) is 0 Å². The van der Waals surface area contributed by atoms with Crippen LogP contribution in [0.15, 0.2) is 0 Å². The highest BCUT2D eigenvalue weighted by molar-refractivity contribution is 5.75. The van der Waals surface area contributed by atoms with E-state index in [1.165, 1.54) is 0 Å². The highest BCUT2D eigenvalue weighted by Gasteiger charge is 1.99. The first-order chi connectivity index (χ1) is 12.2. The van der Waals surface area contributed by atoms with Crippen molar-refractivity contribution in [1.82, 2.24) is 10.6 Å².